The number of fused-ring (bicyclic) bond motifs is 1. The Morgan fingerprint density at radius 2 is 1.97 bits per heavy atom. The van der Waals surface area contributed by atoms with Gasteiger partial charge in [-0.05, 0) is 43.5 Å². The molecule has 1 N–H and O–H groups in total. The highest BCUT2D eigenvalue weighted by Gasteiger charge is 2.36. The van der Waals surface area contributed by atoms with E-state index >= 15 is 0 Å². The lowest BCUT2D eigenvalue weighted by molar-refractivity contribution is 0.0486. The molecule has 1 aliphatic rings. The molecule has 30 heavy (non-hydrogen) atoms. The number of ether oxygens (including phenoxy) is 3. The zero-order valence-corrected chi connectivity index (χ0v) is 18.6. The average molecular weight is 430 g/mol. The molecule has 4 rings (SSSR count). The first kappa shape index (κ1) is 20.7. The Labute approximate surface area is 179 Å². The molecule has 0 aliphatic carbocycles. The van der Waals surface area contributed by atoms with E-state index in [1.54, 1.807) is 14.2 Å². The summed E-state index contributed by atoms with van der Waals surface area (Å²) in [5.74, 6) is 1.34. The van der Waals surface area contributed by atoms with Gasteiger partial charge in [-0.15, -0.1) is 11.3 Å². The highest BCUT2D eigenvalue weighted by molar-refractivity contribution is 7.20. The number of methoxy groups -OCH3 is 2. The van der Waals surface area contributed by atoms with Gasteiger partial charge in [-0.2, -0.15) is 5.10 Å². The molecule has 0 unspecified atom stereocenters. The van der Waals surface area contributed by atoms with E-state index in [2.05, 4.69) is 16.5 Å². The molecule has 0 atom stereocenters. The number of aryl methyl sites for hydroxylation is 2. The fourth-order valence-electron chi connectivity index (χ4n) is 4.15. The standard InChI is InChI=1S/C22H27N3O4S/c1-14-16-12-19(30-21(16)25(2)24-14)20(26)23-13-22(7-9-29-10-8-22)15-5-6-17(27-3)18(11-15)28-4/h5-6,11-12H,7-10,13H2,1-4H3,(H,23,26). The summed E-state index contributed by atoms with van der Waals surface area (Å²) < 4.78 is 18.3. The summed E-state index contributed by atoms with van der Waals surface area (Å²) in [5, 5.41) is 8.62. The maximum absolute atomic E-state index is 13.0. The minimum Gasteiger partial charge on any atom is -0.493 e. The highest BCUT2D eigenvalue weighted by atomic mass is 32.1. The minimum atomic E-state index is -0.207. The summed E-state index contributed by atoms with van der Waals surface area (Å²) in [5.41, 5.74) is 1.86. The van der Waals surface area contributed by atoms with E-state index in [1.165, 1.54) is 11.3 Å². The van der Waals surface area contributed by atoms with Crippen molar-refractivity contribution >= 4 is 27.5 Å². The second-order valence-corrected chi connectivity index (χ2v) is 8.71. The number of benzene rings is 1. The van der Waals surface area contributed by atoms with Crippen LogP contribution in [0.4, 0.5) is 0 Å². The molecule has 8 heteroatoms. The van der Waals surface area contributed by atoms with E-state index in [-0.39, 0.29) is 11.3 Å². The van der Waals surface area contributed by atoms with Crippen LogP contribution in [-0.2, 0) is 17.2 Å². The van der Waals surface area contributed by atoms with Crippen molar-refractivity contribution in [2.75, 3.05) is 34.0 Å². The molecule has 3 heterocycles. The maximum Gasteiger partial charge on any atom is 0.261 e. The molecule has 1 aromatic carbocycles. The molecule has 1 amide bonds. The van der Waals surface area contributed by atoms with Crippen LogP contribution in [-0.4, -0.2) is 49.7 Å². The number of hydrogen-bond donors (Lipinski definition) is 1. The lowest BCUT2D eigenvalue weighted by Gasteiger charge is -2.38. The Kier molecular flexibility index (Phi) is 5.71. The lowest BCUT2D eigenvalue weighted by Crippen LogP contribution is -2.44. The number of hydrogen-bond acceptors (Lipinski definition) is 6. The van der Waals surface area contributed by atoms with E-state index in [9.17, 15) is 4.79 Å². The second kappa shape index (κ2) is 8.28. The van der Waals surface area contributed by atoms with Crippen molar-refractivity contribution in [3.05, 3.63) is 40.4 Å². The van der Waals surface area contributed by atoms with Crippen molar-refractivity contribution in [1.82, 2.24) is 15.1 Å². The Balaban J connectivity index is 1.58. The smallest absolute Gasteiger partial charge is 0.261 e. The van der Waals surface area contributed by atoms with E-state index in [0.717, 1.165) is 34.3 Å². The van der Waals surface area contributed by atoms with Gasteiger partial charge in [0, 0.05) is 37.6 Å². The Morgan fingerprint density at radius 3 is 2.63 bits per heavy atom. The van der Waals surface area contributed by atoms with Gasteiger partial charge in [0.15, 0.2) is 11.5 Å². The summed E-state index contributed by atoms with van der Waals surface area (Å²) in [6, 6.07) is 7.94. The SMILES string of the molecule is COc1ccc(C2(CNC(=O)c3cc4c(C)nn(C)c4s3)CCOCC2)cc1OC. The Morgan fingerprint density at radius 1 is 1.23 bits per heavy atom. The van der Waals surface area contributed by atoms with Gasteiger partial charge in [0.1, 0.15) is 4.83 Å². The molecule has 0 radical (unpaired) electrons. The Hall–Kier alpha value is -2.58. The van der Waals surface area contributed by atoms with Gasteiger partial charge in [0.25, 0.3) is 5.91 Å². The predicted molar refractivity (Wildman–Crippen MR) is 117 cm³/mol. The van der Waals surface area contributed by atoms with Crippen LogP contribution in [0, 0.1) is 6.92 Å². The number of amides is 1. The number of thiophene rings is 1. The number of nitrogens with zero attached hydrogens (tertiary/aromatic N) is 2. The molecule has 7 nitrogen and oxygen atoms in total. The van der Waals surface area contributed by atoms with E-state index in [4.69, 9.17) is 14.2 Å². The van der Waals surface area contributed by atoms with Crippen molar-refractivity contribution in [2.24, 2.45) is 7.05 Å². The van der Waals surface area contributed by atoms with Crippen LogP contribution >= 0.6 is 11.3 Å². The molecule has 0 saturated carbocycles. The normalized spacial score (nSPS) is 15.9. The average Bonchev–Trinajstić information content (AvgIpc) is 3.33. The van der Waals surface area contributed by atoms with Crippen molar-refractivity contribution in [3.63, 3.8) is 0 Å². The van der Waals surface area contributed by atoms with E-state index in [1.807, 2.05) is 36.9 Å². The monoisotopic (exact) mass is 429 g/mol. The number of nitrogens with one attached hydrogen (secondary N) is 1. The zero-order chi connectivity index (χ0) is 21.3. The largest absolute Gasteiger partial charge is 0.493 e. The number of aromatic nitrogens is 2. The highest BCUT2D eigenvalue weighted by Crippen LogP contribution is 2.39. The first-order valence-electron chi connectivity index (χ1n) is 9.99. The summed E-state index contributed by atoms with van der Waals surface area (Å²) in [4.78, 5) is 14.7. The van der Waals surface area contributed by atoms with Crippen LogP contribution in [0.2, 0.25) is 0 Å². The summed E-state index contributed by atoms with van der Waals surface area (Å²) in [7, 11) is 5.17. The summed E-state index contributed by atoms with van der Waals surface area (Å²) >= 11 is 1.47. The summed E-state index contributed by atoms with van der Waals surface area (Å²) in [6.07, 6.45) is 1.66. The summed E-state index contributed by atoms with van der Waals surface area (Å²) in [6.45, 7) is 3.83. The van der Waals surface area contributed by atoms with Gasteiger partial charge in [0.05, 0.1) is 24.8 Å². The maximum atomic E-state index is 13.0. The molecule has 1 saturated heterocycles. The fraction of sp³-hybridized carbons (Fsp3) is 0.455. The van der Waals surface area contributed by atoms with Crippen LogP contribution in [0.15, 0.2) is 24.3 Å². The van der Waals surface area contributed by atoms with Gasteiger partial charge in [0.2, 0.25) is 0 Å². The molecular formula is C22H27N3O4S. The number of carbonyl (C=O) groups is 1. The third-order valence-electron chi connectivity index (χ3n) is 5.95. The number of carbonyl (C=O) groups excluding carboxylic acids is 1. The molecule has 0 spiro atoms. The van der Waals surface area contributed by atoms with E-state index < -0.39 is 0 Å². The first-order valence-corrected chi connectivity index (χ1v) is 10.8. The van der Waals surface area contributed by atoms with Crippen LogP contribution in [0.3, 0.4) is 0 Å². The lowest BCUT2D eigenvalue weighted by atomic mass is 9.74. The fourth-order valence-corrected chi connectivity index (χ4v) is 5.19. The molecule has 1 fully saturated rings. The van der Waals surface area contributed by atoms with Crippen LogP contribution in [0.25, 0.3) is 10.2 Å². The molecular weight excluding hydrogens is 402 g/mol. The quantitative estimate of drug-likeness (QED) is 0.650. The van der Waals surface area contributed by atoms with Gasteiger partial charge in [-0.1, -0.05) is 6.07 Å². The van der Waals surface area contributed by atoms with Gasteiger partial charge in [-0.3, -0.25) is 9.48 Å². The molecule has 1 aliphatic heterocycles. The second-order valence-electron chi connectivity index (χ2n) is 7.68. The van der Waals surface area contributed by atoms with Gasteiger partial charge in [-0.25, -0.2) is 0 Å². The minimum absolute atomic E-state index is 0.0538. The molecule has 3 aromatic rings. The topological polar surface area (TPSA) is 74.6 Å². The van der Waals surface area contributed by atoms with Gasteiger partial charge < -0.3 is 19.5 Å². The first-order chi connectivity index (χ1) is 14.5. The molecule has 0 bridgehead atoms. The van der Waals surface area contributed by atoms with Crippen LogP contribution in [0.5, 0.6) is 11.5 Å². The number of rotatable bonds is 6. The zero-order valence-electron chi connectivity index (χ0n) is 17.8. The van der Waals surface area contributed by atoms with Crippen molar-refractivity contribution in [3.8, 4) is 11.5 Å². The van der Waals surface area contributed by atoms with E-state index in [0.29, 0.717) is 36.1 Å². The van der Waals surface area contributed by atoms with Crippen molar-refractivity contribution < 1.29 is 19.0 Å². The van der Waals surface area contributed by atoms with Crippen molar-refractivity contribution in [1.29, 1.82) is 0 Å². The van der Waals surface area contributed by atoms with Crippen LogP contribution in [0.1, 0.15) is 33.8 Å². The predicted octanol–water partition coefficient (Wildman–Crippen LogP) is 3.44. The van der Waals surface area contributed by atoms with Gasteiger partial charge >= 0.3 is 0 Å². The molecule has 160 valence electrons. The third-order valence-corrected chi connectivity index (χ3v) is 7.15. The third kappa shape index (κ3) is 3.65. The Bertz CT molecular complexity index is 1030. The van der Waals surface area contributed by atoms with Crippen LogP contribution < -0.4 is 14.8 Å². The molecule has 2 aromatic heterocycles. The van der Waals surface area contributed by atoms with Crippen molar-refractivity contribution in [2.45, 2.75) is 25.2 Å².